The highest BCUT2D eigenvalue weighted by Gasteiger charge is 2.21. The Bertz CT molecular complexity index is 900. The predicted octanol–water partition coefficient (Wildman–Crippen LogP) is 3.61. The van der Waals surface area contributed by atoms with Gasteiger partial charge in [-0.2, -0.15) is 0 Å². The lowest BCUT2D eigenvalue weighted by atomic mass is 10.1. The fourth-order valence-electron chi connectivity index (χ4n) is 3.07. The Morgan fingerprint density at radius 2 is 1.89 bits per heavy atom. The fraction of sp³-hybridized carbons (Fsp3) is 0.286. The molecule has 0 bridgehead atoms. The lowest BCUT2D eigenvalue weighted by molar-refractivity contribution is -0.119. The molecule has 1 aliphatic heterocycles. The third-order valence-corrected chi connectivity index (χ3v) is 4.94. The van der Waals surface area contributed by atoms with E-state index in [0.29, 0.717) is 29.2 Å². The van der Waals surface area contributed by atoms with Gasteiger partial charge in [-0.15, -0.1) is 0 Å². The van der Waals surface area contributed by atoms with Gasteiger partial charge in [-0.3, -0.25) is 14.4 Å². The zero-order valence-corrected chi connectivity index (χ0v) is 16.3. The SMILES string of the molecule is CC(NC(=O)c1ccccc1Cl)C(=O)Nc1cccc(N2CCCCC2=O)c1. The van der Waals surface area contributed by atoms with Gasteiger partial charge in [0.15, 0.2) is 0 Å². The molecule has 2 N–H and O–H groups in total. The quantitative estimate of drug-likeness (QED) is 0.806. The smallest absolute Gasteiger partial charge is 0.253 e. The zero-order valence-electron chi connectivity index (χ0n) is 15.6. The molecule has 1 fully saturated rings. The first-order valence-electron chi connectivity index (χ1n) is 9.22. The molecule has 1 atom stereocenters. The van der Waals surface area contributed by atoms with Crippen molar-refractivity contribution in [2.75, 3.05) is 16.8 Å². The number of halogens is 1. The molecule has 1 saturated heterocycles. The molecular formula is C21H22ClN3O3. The Morgan fingerprint density at radius 1 is 1.11 bits per heavy atom. The van der Waals surface area contributed by atoms with Crippen LogP contribution in [-0.4, -0.2) is 30.3 Å². The van der Waals surface area contributed by atoms with E-state index in [1.807, 2.05) is 6.07 Å². The number of amides is 3. The summed E-state index contributed by atoms with van der Waals surface area (Å²) < 4.78 is 0. The number of piperidine rings is 1. The summed E-state index contributed by atoms with van der Waals surface area (Å²) in [7, 11) is 0. The third kappa shape index (κ3) is 4.70. The number of carbonyl (C=O) groups is 3. The minimum Gasteiger partial charge on any atom is -0.340 e. The summed E-state index contributed by atoms with van der Waals surface area (Å²) in [6.45, 7) is 2.28. The van der Waals surface area contributed by atoms with Crippen LogP contribution < -0.4 is 15.5 Å². The highest BCUT2D eigenvalue weighted by atomic mass is 35.5. The maximum Gasteiger partial charge on any atom is 0.253 e. The van der Waals surface area contributed by atoms with Gasteiger partial charge in [0.1, 0.15) is 6.04 Å². The average Bonchev–Trinajstić information content (AvgIpc) is 2.68. The molecule has 6 nitrogen and oxygen atoms in total. The molecule has 0 radical (unpaired) electrons. The summed E-state index contributed by atoms with van der Waals surface area (Å²) in [6, 6.07) is 13.1. The highest BCUT2D eigenvalue weighted by molar-refractivity contribution is 6.33. The monoisotopic (exact) mass is 399 g/mol. The van der Waals surface area contributed by atoms with Crippen LogP contribution in [-0.2, 0) is 9.59 Å². The van der Waals surface area contributed by atoms with Crippen LogP contribution in [0.15, 0.2) is 48.5 Å². The molecule has 2 aromatic carbocycles. The summed E-state index contributed by atoms with van der Waals surface area (Å²) in [4.78, 5) is 38.6. The fourth-order valence-corrected chi connectivity index (χ4v) is 3.29. The summed E-state index contributed by atoms with van der Waals surface area (Å²) in [5.74, 6) is -0.682. The number of rotatable bonds is 5. The summed E-state index contributed by atoms with van der Waals surface area (Å²) in [6.07, 6.45) is 2.42. The van der Waals surface area contributed by atoms with Crippen LogP contribution in [0.4, 0.5) is 11.4 Å². The molecule has 28 heavy (non-hydrogen) atoms. The van der Waals surface area contributed by atoms with Crippen molar-refractivity contribution in [1.29, 1.82) is 0 Å². The second-order valence-corrected chi connectivity index (χ2v) is 7.12. The van der Waals surface area contributed by atoms with Crippen molar-refractivity contribution in [2.45, 2.75) is 32.2 Å². The van der Waals surface area contributed by atoms with Crippen molar-refractivity contribution in [3.05, 3.63) is 59.1 Å². The van der Waals surface area contributed by atoms with Gasteiger partial charge in [0.2, 0.25) is 11.8 Å². The standard InChI is InChI=1S/C21H22ClN3O3/c1-14(23-21(28)17-9-2-3-10-18(17)22)20(27)24-15-7-6-8-16(13-15)25-12-5-4-11-19(25)26/h2-3,6-10,13-14H,4-5,11-12H2,1H3,(H,23,28)(H,24,27). The van der Waals surface area contributed by atoms with Crippen LogP contribution in [0.5, 0.6) is 0 Å². The van der Waals surface area contributed by atoms with Gasteiger partial charge in [0.25, 0.3) is 5.91 Å². The topological polar surface area (TPSA) is 78.5 Å². The first-order valence-corrected chi connectivity index (χ1v) is 9.60. The Morgan fingerprint density at radius 3 is 2.64 bits per heavy atom. The van der Waals surface area contributed by atoms with Crippen LogP contribution in [0.1, 0.15) is 36.5 Å². The van der Waals surface area contributed by atoms with Crippen LogP contribution in [0, 0.1) is 0 Å². The molecule has 0 spiro atoms. The van der Waals surface area contributed by atoms with Crippen molar-refractivity contribution in [2.24, 2.45) is 0 Å². The van der Waals surface area contributed by atoms with E-state index >= 15 is 0 Å². The van der Waals surface area contributed by atoms with Gasteiger partial charge in [0.05, 0.1) is 10.6 Å². The lowest BCUT2D eigenvalue weighted by Gasteiger charge is -2.27. The van der Waals surface area contributed by atoms with Crippen LogP contribution in [0.3, 0.4) is 0 Å². The summed E-state index contributed by atoms with van der Waals surface area (Å²) in [5.41, 5.74) is 1.64. The van der Waals surface area contributed by atoms with Gasteiger partial charge in [0, 0.05) is 24.3 Å². The number of nitrogens with one attached hydrogen (secondary N) is 2. The summed E-state index contributed by atoms with van der Waals surface area (Å²) in [5, 5.41) is 5.75. The Labute approximate surface area is 168 Å². The molecule has 2 aromatic rings. The molecule has 1 aliphatic rings. The molecule has 146 valence electrons. The van der Waals surface area contributed by atoms with E-state index in [9.17, 15) is 14.4 Å². The average molecular weight is 400 g/mol. The van der Waals surface area contributed by atoms with Crippen molar-refractivity contribution >= 4 is 40.7 Å². The summed E-state index contributed by atoms with van der Waals surface area (Å²) >= 11 is 6.02. The Hall–Kier alpha value is -2.86. The van der Waals surface area contributed by atoms with Gasteiger partial charge >= 0.3 is 0 Å². The van der Waals surface area contributed by atoms with E-state index in [2.05, 4.69) is 10.6 Å². The molecular weight excluding hydrogens is 378 g/mol. The van der Waals surface area contributed by atoms with Gasteiger partial charge in [-0.25, -0.2) is 0 Å². The molecule has 7 heteroatoms. The van der Waals surface area contributed by atoms with Crippen molar-refractivity contribution in [3.8, 4) is 0 Å². The number of nitrogens with zero attached hydrogens (tertiary/aromatic N) is 1. The Balaban J connectivity index is 1.64. The molecule has 1 unspecified atom stereocenters. The third-order valence-electron chi connectivity index (χ3n) is 4.61. The molecule has 0 aromatic heterocycles. The number of hydrogen-bond acceptors (Lipinski definition) is 3. The molecule has 0 saturated carbocycles. The van der Waals surface area contributed by atoms with E-state index in [4.69, 9.17) is 11.6 Å². The van der Waals surface area contributed by atoms with E-state index in [-0.39, 0.29) is 11.8 Å². The number of hydrogen-bond donors (Lipinski definition) is 2. The largest absolute Gasteiger partial charge is 0.340 e. The first kappa shape index (κ1) is 19.9. The Kier molecular flexibility index (Phi) is 6.31. The first-order chi connectivity index (χ1) is 13.5. The maximum atomic E-state index is 12.5. The van der Waals surface area contributed by atoms with Crippen molar-refractivity contribution < 1.29 is 14.4 Å². The second-order valence-electron chi connectivity index (χ2n) is 6.72. The minimum atomic E-state index is -0.760. The predicted molar refractivity (Wildman–Crippen MR) is 110 cm³/mol. The van der Waals surface area contributed by atoms with Gasteiger partial charge < -0.3 is 15.5 Å². The lowest BCUT2D eigenvalue weighted by Crippen LogP contribution is -2.41. The molecule has 3 rings (SSSR count). The number of carbonyl (C=O) groups excluding carboxylic acids is 3. The molecule has 1 heterocycles. The van der Waals surface area contributed by atoms with Crippen molar-refractivity contribution in [1.82, 2.24) is 5.32 Å². The number of anilines is 2. The van der Waals surface area contributed by atoms with Crippen LogP contribution in [0.25, 0.3) is 0 Å². The number of benzene rings is 2. The van der Waals surface area contributed by atoms with E-state index in [1.54, 1.807) is 54.3 Å². The molecule has 3 amide bonds. The van der Waals surface area contributed by atoms with Crippen molar-refractivity contribution in [3.63, 3.8) is 0 Å². The van der Waals surface area contributed by atoms with Crippen LogP contribution >= 0.6 is 11.6 Å². The van der Waals surface area contributed by atoms with E-state index in [0.717, 1.165) is 18.5 Å². The van der Waals surface area contributed by atoms with Crippen LogP contribution in [0.2, 0.25) is 5.02 Å². The second kappa shape index (κ2) is 8.89. The van der Waals surface area contributed by atoms with Gasteiger partial charge in [-0.05, 0) is 50.1 Å². The maximum absolute atomic E-state index is 12.5. The zero-order chi connectivity index (χ0) is 20.1. The molecule has 0 aliphatic carbocycles. The van der Waals surface area contributed by atoms with E-state index < -0.39 is 11.9 Å². The highest BCUT2D eigenvalue weighted by Crippen LogP contribution is 2.24. The normalized spacial score (nSPS) is 15.1. The van der Waals surface area contributed by atoms with Gasteiger partial charge in [-0.1, -0.05) is 29.8 Å². The van der Waals surface area contributed by atoms with E-state index in [1.165, 1.54) is 0 Å². The minimum absolute atomic E-state index is 0.0927.